The molecule has 0 spiro atoms. The molecule has 2 atom stereocenters. The van der Waals surface area contributed by atoms with Gasteiger partial charge < -0.3 is 14.4 Å². The molecular weight excluding hydrogens is 388 g/mol. The van der Waals surface area contributed by atoms with Crippen molar-refractivity contribution >= 4 is 11.5 Å². The zero-order chi connectivity index (χ0) is 22.0. The number of benzene rings is 1. The Morgan fingerprint density at radius 1 is 1.19 bits per heavy atom. The maximum Gasteiger partial charge on any atom is 0.215 e. The first-order chi connectivity index (χ1) is 14.8. The molecule has 0 bridgehead atoms. The molecule has 1 aromatic heterocycles. The number of ketones is 1. The normalized spacial score (nSPS) is 20.5. The molecule has 166 valence electrons. The Labute approximate surface area is 185 Å². The molecule has 2 heterocycles. The predicted octanol–water partition coefficient (Wildman–Crippen LogP) is 5.39. The van der Waals surface area contributed by atoms with Crippen LogP contribution in [0.4, 0.5) is 5.69 Å². The average Bonchev–Trinajstić information content (AvgIpc) is 3.32. The van der Waals surface area contributed by atoms with Crippen molar-refractivity contribution < 1.29 is 14.3 Å². The van der Waals surface area contributed by atoms with E-state index in [2.05, 4.69) is 35.9 Å². The van der Waals surface area contributed by atoms with E-state index in [0.717, 1.165) is 43.8 Å². The third-order valence-electron chi connectivity index (χ3n) is 6.50. The van der Waals surface area contributed by atoms with Crippen LogP contribution in [0.25, 0.3) is 0 Å². The lowest BCUT2D eigenvalue weighted by molar-refractivity contribution is -0.123. The van der Waals surface area contributed by atoms with E-state index in [-0.39, 0.29) is 23.5 Å². The molecule has 2 fully saturated rings. The first-order valence-electron chi connectivity index (χ1n) is 11.5. The number of pyridine rings is 1. The van der Waals surface area contributed by atoms with Crippen LogP contribution in [0.3, 0.4) is 0 Å². The van der Waals surface area contributed by atoms with Gasteiger partial charge in [-0.25, -0.2) is 4.98 Å². The van der Waals surface area contributed by atoms with E-state index in [9.17, 15) is 4.79 Å². The Morgan fingerprint density at radius 3 is 2.61 bits per heavy atom. The number of Topliss-reactive ketones (excluding diaryl/α,β-unsaturated/α-hetero) is 1. The highest BCUT2D eigenvalue weighted by atomic mass is 16.5. The van der Waals surface area contributed by atoms with Crippen LogP contribution in [0.15, 0.2) is 42.6 Å². The zero-order valence-electron chi connectivity index (χ0n) is 19.1. The Bertz CT molecular complexity index is 905. The molecule has 1 aliphatic heterocycles. The number of ether oxygens (including phenoxy) is 2. The predicted molar refractivity (Wildman–Crippen MR) is 123 cm³/mol. The van der Waals surface area contributed by atoms with Crippen molar-refractivity contribution in [2.45, 2.75) is 71.5 Å². The molecule has 2 aromatic rings. The van der Waals surface area contributed by atoms with Crippen LogP contribution in [0.2, 0.25) is 0 Å². The highest BCUT2D eigenvalue weighted by Crippen LogP contribution is 2.47. The maximum absolute atomic E-state index is 12.4. The van der Waals surface area contributed by atoms with Crippen molar-refractivity contribution in [1.82, 2.24) is 4.98 Å². The highest BCUT2D eigenvalue weighted by Gasteiger charge is 2.44. The Balaban J connectivity index is 1.30. The fraction of sp³-hybridized carbons (Fsp3) is 0.538. The summed E-state index contributed by atoms with van der Waals surface area (Å²) >= 11 is 0. The van der Waals surface area contributed by atoms with Gasteiger partial charge in [-0.3, -0.25) is 4.79 Å². The number of aromatic nitrogens is 1. The van der Waals surface area contributed by atoms with Crippen LogP contribution in [-0.4, -0.2) is 36.1 Å². The minimum absolute atomic E-state index is 0.0395. The summed E-state index contributed by atoms with van der Waals surface area (Å²) in [6.45, 7) is 10.0. The lowest BCUT2D eigenvalue weighted by atomic mass is 9.90. The first kappa shape index (κ1) is 21.7. The summed E-state index contributed by atoms with van der Waals surface area (Å²) in [7, 11) is 0. The number of hydrogen-bond acceptors (Lipinski definition) is 5. The van der Waals surface area contributed by atoms with Crippen molar-refractivity contribution in [2.75, 3.05) is 18.0 Å². The van der Waals surface area contributed by atoms with Gasteiger partial charge in [0.05, 0.1) is 12.6 Å². The van der Waals surface area contributed by atoms with Crippen molar-refractivity contribution in [3.05, 3.63) is 48.2 Å². The number of hydrogen-bond donors (Lipinski definition) is 0. The largest absolute Gasteiger partial charge is 0.489 e. The monoisotopic (exact) mass is 422 g/mol. The number of carbonyl (C=O) groups excluding carboxylic acids is 1. The van der Waals surface area contributed by atoms with Crippen LogP contribution in [0.5, 0.6) is 11.6 Å². The zero-order valence-corrected chi connectivity index (χ0v) is 19.1. The molecule has 1 aliphatic carbocycles. The number of carbonyl (C=O) groups is 1. The van der Waals surface area contributed by atoms with E-state index in [4.69, 9.17) is 9.47 Å². The molecule has 2 aliphatic rings. The summed E-state index contributed by atoms with van der Waals surface area (Å²) in [6.07, 6.45) is 5.77. The SMILES string of the molecule is CC(C)Oc1cc(N2CCC(Oc3ccc([C@H](C)CC(=O)C4(C)CC4)cc3)C2)ccn1. The van der Waals surface area contributed by atoms with Crippen LogP contribution in [0, 0.1) is 5.41 Å². The smallest absolute Gasteiger partial charge is 0.215 e. The van der Waals surface area contributed by atoms with E-state index in [1.165, 1.54) is 5.56 Å². The molecule has 0 N–H and O–H groups in total. The minimum Gasteiger partial charge on any atom is -0.489 e. The fourth-order valence-corrected chi connectivity index (χ4v) is 4.14. The Morgan fingerprint density at radius 2 is 1.94 bits per heavy atom. The molecular formula is C26H34N2O3. The van der Waals surface area contributed by atoms with Gasteiger partial charge in [0.1, 0.15) is 17.6 Å². The van der Waals surface area contributed by atoms with Crippen LogP contribution >= 0.6 is 0 Å². The van der Waals surface area contributed by atoms with E-state index >= 15 is 0 Å². The molecule has 1 aromatic carbocycles. The van der Waals surface area contributed by atoms with Crippen molar-refractivity contribution in [3.8, 4) is 11.6 Å². The van der Waals surface area contributed by atoms with Crippen LogP contribution in [-0.2, 0) is 4.79 Å². The quantitative estimate of drug-likeness (QED) is 0.542. The summed E-state index contributed by atoms with van der Waals surface area (Å²) in [5.41, 5.74) is 2.28. The molecule has 1 saturated carbocycles. The van der Waals surface area contributed by atoms with E-state index in [1.54, 1.807) is 6.20 Å². The van der Waals surface area contributed by atoms with Gasteiger partial charge in [0.2, 0.25) is 5.88 Å². The summed E-state index contributed by atoms with van der Waals surface area (Å²) in [5.74, 6) is 2.21. The second-order valence-electron chi connectivity index (χ2n) is 9.65. The van der Waals surface area contributed by atoms with E-state index < -0.39 is 0 Å². The lowest BCUT2D eigenvalue weighted by Gasteiger charge is -2.20. The number of nitrogens with zero attached hydrogens (tertiary/aromatic N) is 2. The van der Waals surface area contributed by atoms with Gasteiger partial charge in [-0.1, -0.05) is 26.0 Å². The van der Waals surface area contributed by atoms with Crippen molar-refractivity contribution in [2.24, 2.45) is 5.41 Å². The second kappa shape index (κ2) is 8.89. The van der Waals surface area contributed by atoms with Gasteiger partial charge in [-0.05, 0) is 56.4 Å². The number of rotatable bonds is 9. The fourth-order valence-electron chi connectivity index (χ4n) is 4.14. The van der Waals surface area contributed by atoms with Crippen LogP contribution < -0.4 is 14.4 Å². The molecule has 0 radical (unpaired) electrons. The molecule has 4 rings (SSSR count). The van der Waals surface area contributed by atoms with Gasteiger partial charge in [0.25, 0.3) is 0 Å². The standard InChI is InChI=1S/C26H34N2O3/c1-18(2)30-25-16-21(9-13-27-25)28-14-10-23(17-28)31-22-7-5-20(6-8-22)19(3)15-24(29)26(4)11-12-26/h5-9,13,16,18-19,23H,10-12,14-15,17H2,1-4H3/t19-,23?/m1/s1. The van der Waals surface area contributed by atoms with Gasteiger partial charge in [0, 0.05) is 42.8 Å². The molecule has 5 heteroatoms. The molecule has 1 saturated heterocycles. The molecule has 31 heavy (non-hydrogen) atoms. The first-order valence-corrected chi connectivity index (χ1v) is 11.5. The molecule has 1 unspecified atom stereocenters. The molecule has 0 amide bonds. The third-order valence-corrected chi connectivity index (χ3v) is 6.50. The summed E-state index contributed by atoms with van der Waals surface area (Å²) in [5, 5.41) is 0. The summed E-state index contributed by atoms with van der Waals surface area (Å²) in [4.78, 5) is 19.0. The van der Waals surface area contributed by atoms with Gasteiger partial charge >= 0.3 is 0 Å². The van der Waals surface area contributed by atoms with Gasteiger partial charge in [-0.15, -0.1) is 0 Å². The molecule has 5 nitrogen and oxygen atoms in total. The second-order valence-corrected chi connectivity index (χ2v) is 9.65. The lowest BCUT2D eigenvalue weighted by Crippen LogP contribution is -2.24. The van der Waals surface area contributed by atoms with Crippen LogP contribution in [0.1, 0.15) is 64.9 Å². The third kappa shape index (κ3) is 5.38. The van der Waals surface area contributed by atoms with Gasteiger partial charge in [-0.2, -0.15) is 0 Å². The summed E-state index contributed by atoms with van der Waals surface area (Å²) in [6, 6.07) is 12.3. The topological polar surface area (TPSA) is 51.7 Å². The van der Waals surface area contributed by atoms with E-state index in [0.29, 0.717) is 18.1 Å². The Kier molecular flexibility index (Phi) is 6.22. The maximum atomic E-state index is 12.4. The Hall–Kier alpha value is -2.56. The van der Waals surface area contributed by atoms with Crippen molar-refractivity contribution in [3.63, 3.8) is 0 Å². The number of anilines is 1. The summed E-state index contributed by atoms with van der Waals surface area (Å²) < 4.78 is 12.0. The van der Waals surface area contributed by atoms with Crippen molar-refractivity contribution in [1.29, 1.82) is 0 Å². The van der Waals surface area contributed by atoms with E-state index in [1.807, 2.05) is 38.1 Å². The minimum atomic E-state index is -0.0395. The van der Waals surface area contributed by atoms with Gasteiger partial charge in [0.15, 0.2) is 0 Å². The average molecular weight is 423 g/mol. The highest BCUT2D eigenvalue weighted by molar-refractivity contribution is 5.87.